The molecule has 1 aromatic rings. The molecule has 0 aliphatic rings. The van der Waals surface area contributed by atoms with E-state index in [2.05, 4.69) is 0 Å². The van der Waals surface area contributed by atoms with Crippen LogP contribution in [-0.2, 0) is 11.0 Å². The number of hydrogen-bond acceptors (Lipinski definition) is 1. The van der Waals surface area contributed by atoms with Crippen LogP contribution in [0.3, 0.4) is 0 Å². The summed E-state index contributed by atoms with van der Waals surface area (Å²) in [6.45, 7) is 0.162. The van der Waals surface area contributed by atoms with Crippen molar-refractivity contribution >= 4 is 22.6 Å². The molecule has 0 heterocycles. The predicted octanol–water partition coefficient (Wildman–Crippen LogP) is 2.36. The van der Waals surface area contributed by atoms with Gasteiger partial charge in [0, 0.05) is 16.5 Å². The van der Waals surface area contributed by atoms with E-state index in [1.807, 2.05) is 22.6 Å². The predicted molar refractivity (Wildman–Crippen MR) is 52.0 cm³/mol. The quantitative estimate of drug-likeness (QED) is 0.654. The van der Waals surface area contributed by atoms with Crippen LogP contribution in [0, 0.1) is 11.6 Å². The number of halogens is 3. The summed E-state index contributed by atoms with van der Waals surface area (Å²) in [5.41, 5.74) is 5.85. The van der Waals surface area contributed by atoms with Gasteiger partial charge in [-0.3, -0.25) is 0 Å². The minimum Gasteiger partial charge on any atom is -0.326 e. The first-order chi connectivity index (χ1) is 5.69. The zero-order valence-corrected chi connectivity index (χ0v) is 8.44. The zero-order chi connectivity index (χ0) is 9.14. The van der Waals surface area contributed by atoms with E-state index in [-0.39, 0.29) is 12.1 Å². The van der Waals surface area contributed by atoms with Crippen LogP contribution >= 0.6 is 22.6 Å². The van der Waals surface area contributed by atoms with Crippen molar-refractivity contribution in [1.29, 1.82) is 0 Å². The number of alkyl halides is 1. The van der Waals surface area contributed by atoms with Crippen molar-refractivity contribution < 1.29 is 8.78 Å². The molecule has 1 rings (SSSR count). The van der Waals surface area contributed by atoms with E-state index in [1.54, 1.807) is 0 Å². The fraction of sp³-hybridized carbons (Fsp3) is 0.250. The third-order valence-electron chi connectivity index (χ3n) is 1.57. The highest BCUT2D eigenvalue weighted by Gasteiger charge is 2.08. The summed E-state index contributed by atoms with van der Waals surface area (Å²) in [4.78, 5) is 0. The monoisotopic (exact) mass is 283 g/mol. The second kappa shape index (κ2) is 4.13. The van der Waals surface area contributed by atoms with Gasteiger partial charge in [-0.15, -0.1) is 0 Å². The van der Waals surface area contributed by atoms with Crippen LogP contribution in [0.15, 0.2) is 12.1 Å². The minimum atomic E-state index is -0.509. The molecule has 12 heavy (non-hydrogen) atoms. The molecule has 0 amide bonds. The fourth-order valence-corrected chi connectivity index (χ4v) is 1.63. The van der Waals surface area contributed by atoms with Gasteiger partial charge in [0.05, 0.1) is 0 Å². The normalized spacial score (nSPS) is 10.3. The summed E-state index contributed by atoms with van der Waals surface area (Å²) in [5, 5.41) is 0. The van der Waals surface area contributed by atoms with Crippen LogP contribution in [0.2, 0.25) is 0 Å². The molecule has 0 saturated carbocycles. The van der Waals surface area contributed by atoms with Gasteiger partial charge in [0.25, 0.3) is 0 Å². The largest absolute Gasteiger partial charge is 0.326 e. The third kappa shape index (κ3) is 1.92. The Balaban J connectivity index is 3.18. The van der Waals surface area contributed by atoms with Gasteiger partial charge in [-0.05, 0) is 17.7 Å². The van der Waals surface area contributed by atoms with Crippen LogP contribution in [0.25, 0.3) is 0 Å². The second-order valence-corrected chi connectivity index (χ2v) is 3.14. The minimum absolute atomic E-state index is 0.118. The average molecular weight is 283 g/mol. The molecule has 0 fully saturated rings. The molecular weight excluding hydrogens is 275 g/mol. The molecule has 4 heteroatoms. The van der Waals surface area contributed by atoms with Crippen LogP contribution in [0.1, 0.15) is 11.1 Å². The van der Waals surface area contributed by atoms with Gasteiger partial charge in [-0.1, -0.05) is 22.6 Å². The van der Waals surface area contributed by atoms with Crippen LogP contribution in [0.5, 0.6) is 0 Å². The highest BCUT2D eigenvalue weighted by Crippen LogP contribution is 2.17. The smallest absolute Gasteiger partial charge is 0.130 e. The van der Waals surface area contributed by atoms with Crippen LogP contribution in [-0.4, -0.2) is 0 Å². The maximum absolute atomic E-state index is 13.0. The van der Waals surface area contributed by atoms with Crippen molar-refractivity contribution in [2.24, 2.45) is 5.73 Å². The molecule has 0 saturated heterocycles. The molecule has 0 radical (unpaired) electrons. The van der Waals surface area contributed by atoms with E-state index in [0.29, 0.717) is 9.99 Å². The van der Waals surface area contributed by atoms with Crippen molar-refractivity contribution in [1.82, 2.24) is 0 Å². The summed E-state index contributed by atoms with van der Waals surface area (Å²) in [6, 6.07) is 2.55. The van der Waals surface area contributed by atoms with Crippen molar-refractivity contribution in [2.75, 3.05) is 0 Å². The lowest BCUT2D eigenvalue weighted by molar-refractivity contribution is 0.564. The summed E-state index contributed by atoms with van der Waals surface area (Å²) in [5.74, 6) is -1.02. The van der Waals surface area contributed by atoms with E-state index in [1.165, 1.54) is 12.1 Å². The fourth-order valence-electron chi connectivity index (χ4n) is 0.901. The molecular formula is C8H8F2IN. The second-order valence-electron chi connectivity index (χ2n) is 2.38. The van der Waals surface area contributed by atoms with E-state index in [9.17, 15) is 8.78 Å². The first-order valence-electron chi connectivity index (χ1n) is 3.42. The lowest BCUT2D eigenvalue weighted by atomic mass is 10.1. The van der Waals surface area contributed by atoms with Gasteiger partial charge in [-0.25, -0.2) is 8.78 Å². The number of benzene rings is 1. The van der Waals surface area contributed by atoms with Crippen molar-refractivity contribution in [2.45, 2.75) is 11.0 Å². The maximum Gasteiger partial charge on any atom is 0.130 e. The Morgan fingerprint density at radius 2 is 1.75 bits per heavy atom. The summed E-state index contributed by atoms with van der Waals surface area (Å²) in [6.07, 6.45) is 0. The first kappa shape index (κ1) is 9.85. The van der Waals surface area contributed by atoms with Gasteiger partial charge >= 0.3 is 0 Å². The molecule has 0 unspecified atom stereocenters. The average Bonchev–Trinajstić information content (AvgIpc) is 2.03. The van der Waals surface area contributed by atoms with Gasteiger partial charge in [0.2, 0.25) is 0 Å². The molecule has 0 aliphatic carbocycles. The highest BCUT2D eigenvalue weighted by atomic mass is 127. The van der Waals surface area contributed by atoms with Crippen LogP contribution < -0.4 is 5.73 Å². The van der Waals surface area contributed by atoms with Crippen molar-refractivity contribution in [3.05, 3.63) is 34.9 Å². The first-order valence-corrected chi connectivity index (χ1v) is 4.94. The van der Waals surface area contributed by atoms with Crippen molar-refractivity contribution in [3.8, 4) is 0 Å². The van der Waals surface area contributed by atoms with Gasteiger partial charge < -0.3 is 5.73 Å². The number of rotatable bonds is 2. The Kier molecular flexibility index (Phi) is 3.39. The highest BCUT2D eigenvalue weighted by molar-refractivity contribution is 14.1. The Morgan fingerprint density at radius 1 is 1.25 bits per heavy atom. The van der Waals surface area contributed by atoms with E-state index >= 15 is 0 Å². The van der Waals surface area contributed by atoms with Gasteiger partial charge in [-0.2, -0.15) is 0 Å². The molecule has 0 spiro atoms. The third-order valence-corrected chi connectivity index (χ3v) is 2.33. The summed E-state index contributed by atoms with van der Waals surface area (Å²) >= 11 is 1.92. The van der Waals surface area contributed by atoms with Crippen molar-refractivity contribution in [3.63, 3.8) is 0 Å². The van der Waals surface area contributed by atoms with E-state index in [0.717, 1.165) is 0 Å². The topological polar surface area (TPSA) is 26.0 Å². The lowest BCUT2D eigenvalue weighted by Gasteiger charge is -2.03. The number of nitrogens with two attached hydrogens (primary N) is 1. The Bertz CT molecular complexity index is 265. The Labute approximate surface area is 83.1 Å². The molecule has 1 nitrogen and oxygen atoms in total. The lowest BCUT2D eigenvalue weighted by Crippen LogP contribution is -2.01. The van der Waals surface area contributed by atoms with Gasteiger partial charge in [0.1, 0.15) is 11.6 Å². The summed E-state index contributed by atoms with van der Waals surface area (Å²) < 4.78 is 26.3. The molecule has 0 aliphatic heterocycles. The standard InChI is InChI=1S/C8H8F2IN/c9-7-1-5(4-12)2-8(10)6(7)3-11/h1-2H,3-4,12H2. The van der Waals surface area contributed by atoms with Gasteiger partial charge in [0.15, 0.2) is 0 Å². The molecule has 0 atom stereocenters. The summed E-state index contributed by atoms with van der Waals surface area (Å²) in [7, 11) is 0. The molecule has 0 bridgehead atoms. The Morgan fingerprint density at radius 3 is 2.08 bits per heavy atom. The molecule has 66 valence electrons. The molecule has 0 aromatic heterocycles. The SMILES string of the molecule is NCc1cc(F)c(CI)c(F)c1. The van der Waals surface area contributed by atoms with E-state index in [4.69, 9.17) is 5.73 Å². The van der Waals surface area contributed by atoms with Crippen LogP contribution in [0.4, 0.5) is 8.78 Å². The molecule has 1 aromatic carbocycles. The molecule has 2 N–H and O–H groups in total. The zero-order valence-electron chi connectivity index (χ0n) is 6.28. The Hall–Kier alpha value is -0.230. The van der Waals surface area contributed by atoms with E-state index < -0.39 is 11.6 Å². The number of hydrogen-bond donors (Lipinski definition) is 1. The maximum atomic E-state index is 13.0.